The largest absolute Gasteiger partial charge is 0.462 e. The molecule has 3 heterocycles. The third-order valence-corrected chi connectivity index (χ3v) is 5.12. The van der Waals surface area contributed by atoms with Crippen LogP contribution < -0.4 is 4.74 Å². The lowest BCUT2D eigenvalue weighted by atomic mass is 10.1. The Morgan fingerprint density at radius 2 is 2.03 bits per heavy atom. The minimum absolute atomic E-state index is 0.0780. The van der Waals surface area contributed by atoms with Crippen LogP contribution in [0.1, 0.15) is 35.5 Å². The summed E-state index contributed by atoms with van der Waals surface area (Å²) in [7, 11) is 0. The third kappa shape index (κ3) is 4.68. The van der Waals surface area contributed by atoms with Gasteiger partial charge in [-0.1, -0.05) is 12.8 Å². The molecule has 0 spiro atoms. The van der Waals surface area contributed by atoms with Gasteiger partial charge in [-0.2, -0.15) is 18.3 Å². The average Bonchev–Trinajstić information content (AvgIpc) is 3.44. The Labute approximate surface area is 198 Å². The minimum atomic E-state index is -4.69. The van der Waals surface area contributed by atoms with E-state index in [1.54, 1.807) is 25.1 Å². The van der Waals surface area contributed by atoms with Crippen LogP contribution in [0.15, 0.2) is 43.0 Å². The minimum Gasteiger partial charge on any atom is -0.462 e. The first-order valence-electron chi connectivity index (χ1n) is 10.6. The van der Waals surface area contributed by atoms with Crippen LogP contribution in [-0.2, 0) is 23.9 Å². The zero-order valence-electron chi connectivity index (χ0n) is 18.8. The molecule has 0 radical (unpaired) electrons. The fraction of sp³-hybridized carbons (Fsp3) is 0.250. The normalized spacial score (nSPS) is 11.4. The molecule has 4 rings (SSSR count). The second kappa shape index (κ2) is 9.50. The first kappa shape index (κ1) is 23.8. The van der Waals surface area contributed by atoms with Gasteiger partial charge in [0.1, 0.15) is 12.3 Å². The molecule has 3 aromatic heterocycles. The number of aryl methyl sites for hydroxylation is 1. The van der Waals surface area contributed by atoms with Crippen LogP contribution in [0.3, 0.4) is 0 Å². The molecule has 0 amide bonds. The third-order valence-electron chi connectivity index (χ3n) is 5.12. The monoisotopic (exact) mass is 483 g/mol. The van der Waals surface area contributed by atoms with Gasteiger partial charge in [-0.15, -0.1) is 6.42 Å². The molecule has 1 aromatic carbocycles. The highest BCUT2D eigenvalue weighted by Crippen LogP contribution is 2.37. The van der Waals surface area contributed by atoms with Gasteiger partial charge in [0.25, 0.3) is 5.88 Å². The van der Waals surface area contributed by atoms with Gasteiger partial charge in [0, 0.05) is 18.6 Å². The van der Waals surface area contributed by atoms with Crippen molar-refractivity contribution in [2.24, 2.45) is 0 Å². The lowest BCUT2D eigenvalue weighted by Crippen LogP contribution is -2.09. The van der Waals surface area contributed by atoms with Crippen molar-refractivity contribution in [3.63, 3.8) is 0 Å². The Kier molecular flexibility index (Phi) is 6.46. The van der Waals surface area contributed by atoms with E-state index in [1.165, 1.54) is 29.2 Å². The summed E-state index contributed by atoms with van der Waals surface area (Å²) in [5.74, 6) is 2.31. The number of fused-ring (bicyclic) bond motifs is 1. The molecule has 0 saturated carbocycles. The van der Waals surface area contributed by atoms with E-state index in [4.69, 9.17) is 15.9 Å². The molecule has 0 N–H and O–H groups in total. The summed E-state index contributed by atoms with van der Waals surface area (Å²) in [6.07, 6.45) is 6.48. The number of imidazole rings is 1. The molecule has 180 valence electrons. The van der Waals surface area contributed by atoms with E-state index in [0.717, 1.165) is 4.68 Å². The molecular weight excluding hydrogens is 463 g/mol. The smallest absolute Gasteiger partial charge is 0.435 e. The lowest BCUT2D eigenvalue weighted by Gasteiger charge is -2.11. The molecule has 0 aliphatic heterocycles. The summed E-state index contributed by atoms with van der Waals surface area (Å²) in [6, 6.07) is 4.87. The van der Waals surface area contributed by atoms with Gasteiger partial charge in [0.15, 0.2) is 5.69 Å². The van der Waals surface area contributed by atoms with Crippen molar-refractivity contribution in [1.82, 2.24) is 24.1 Å². The Hall–Kier alpha value is -4.33. The van der Waals surface area contributed by atoms with Crippen molar-refractivity contribution in [2.45, 2.75) is 33.0 Å². The summed E-state index contributed by atoms with van der Waals surface area (Å²) in [4.78, 5) is 20.6. The Balaban J connectivity index is 1.73. The maximum atomic E-state index is 13.6. The van der Waals surface area contributed by atoms with Crippen molar-refractivity contribution in [3.8, 4) is 35.2 Å². The van der Waals surface area contributed by atoms with Gasteiger partial charge in [-0.05, 0) is 37.1 Å². The summed E-state index contributed by atoms with van der Waals surface area (Å²) in [5, 5.41) is 3.60. The zero-order chi connectivity index (χ0) is 25.2. The summed E-state index contributed by atoms with van der Waals surface area (Å²) >= 11 is 0. The topological polar surface area (TPSA) is 83.5 Å². The predicted molar refractivity (Wildman–Crippen MR) is 120 cm³/mol. The van der Waals surface area contributed by atoms with Crippen molar-refractivity contribution >= 4 is 11.6 Å². The summed E-state index contributed by atoms with van der Waals surface area (Å²) in [6.45, 7) is 3.76. The summed E-state index contributed by atoms with van der Waals surface area (Å²) in [5.41, 5.74) is 0.246. The van der Waals surface area contributed by atoms with Crippen LogP contribution in [0.25, 0.3) is 16.9 Å². The number of terminal acetylenes is 1. The van der Waals surface area contributed by atoms with Crippen LogP contribution in [0.5, 0.6) is 11.6 Å². The number of ether oxygens (including phenoxy) is 2. The van der Waals surface area contributed by atoms with Crippen LogP contribution in [0.2, 0.25) is 0 Å². The van der Waals surface area contributed by atoms with Gasteiger partial charge < -0.3 is 9.47 Å². The maximum Gasteiger partial charge on any atom is 0.435 e. The second-order valence-corrected chi connectivity index (χ2v) is 7.36. The Morgan fingerprint density at radius 3 is 2.71 bits per heavy atom. The van der Waals surface area contributed by atoms with Gasteiger partial charge in [0.05, 0.1) is 29.6 Å². The Morgan fingerprint density at radius 1 is 1.23 bits per heavy atom. The van der Waals surface area contributed by atoms with Gasteiger partial charge >= 0.3 is 12.1 Å². The van der Waals surface area contributed by atoms with Crippen molar-refractivity contribution in [2.75, 3.05) is 6.61 Å². The van der Waals surface area contributed by atoms with E-state index in [-0.39, 0.29) is 35.9 Å². The predicted octanol–water partition coefficient (Wildman–Crippen LogP) is 4.78. The molecule has 0 fully saturated rings. The highest BCUT2D eigenvalue weighted by atomic mass is 19.4. The molecule has 4 aromatic rings. The second-order valence-electron chi connectivity index (χ2n) is 7.36. The number of halogens is 3. The maximum absolute atomic E-state index is 13.6. The number of carbonyl (C=O) groups is 1. The van der Waals surface area contributed by atoms with Crippen molar-refractivity contribution in [1.29, 1.82) is 0 Å². The molecule has 11 heteroatoms. The molecule has 0 atom stereocenters. The number of alkyl halides is 3. The lowest BCUT2D eigenvalue weighted by molar-refractivity contribution is -0.141. The molecule has 35 heavy (non-hydrogen) atoms. The zero-order valence-corrected chi connectivity index (χ0v) is 18.8. The van der Waals surface area contributed by atoms with Gasteiger partial charge in [0.2, 0.25) is 5.65 Å². The number of rotatable bonds is 7. The van der Waals surface area contributed by atoms with Gasteiger partial charge in [-0.25, -0.2) is 14.8 Å². The molecule has 0 bridgehead atoms. The number of benzene rings is 1. The van der Waals surface area contributed by atoms with E-state index in [2.05, 4.69) is 21.0 Å². The molecule has 0 aliphatic rings. The standard InChI is InChI=1S/C24H20F3N5O3/c1-4-10-31-14-18(20(30-31)24(25,26)27)19-13-29-21-22(28-9-11-32(19)21)35-16-7-8-17(15(5-2)12-16)23(33)34-6-3/h1,7-9,11-14H,5-6,10H2,2-3H3. The highest BCUT2D eigenvalue weighted by Gasteiger charge is 2.38. The molecule has 8 nitrogen and oxygen atoms in total. The molecule has 0 unspecified atom stereocenters. The number of carbonyl (C=O) groups excluding carboxylic acids is 1. The van der Waals surface area contributed by atoms with E-state index in [0.29, 0.717) is 23.3 Å². The number of esters is 1. The fourth-order valence-electron chi connectivity index (χ4n) is 3.61. The number of nitrogens with zero attached hydrogens (tertiary/aromatic N) is 5. The highest BCUT2D eigenvalue weighted by molar-refractivity contribution is 5.91. The average molecular weight is 483 g/mol. The first-order chi connectivity index (χ1) is 16.8. The molecule has 0 aliphatic carbocycles. The van der Waals surface area contributed by atoms with Crippen LogP contribution >= 0.6 is 0 Å². The van der Waals surface area contributed by atoms with Crippen LogP contribution in [-0.4, -0.2) is 36.7 Å². The Bertz CT molecular complexity index is 1430. The van der Waals surface area contributed by atoms with Crippen molar-refractivity contribution in [3.05, 3.63) is 59.8 Å². The molecular formula is C24H20F3N5O3. The fourth-order valence-corrected chi connectivity index (χ4v) is 3.61. The first-order valence-corrected chi connectivity index (χ1v) is 10.6. The number of hydrogen-bond donors (Lipinski definition) is 0. The van der Waals surface area contributed by atoms with Gasteiger partial charge in [-0.3, -0.25) is 9.08 Å². The van der Waals surface area contributed by atoms with Crippen LogP contribution in [0.4, 0.5) is 13.2 Å². The van der Waals surface area contributed by atoms with Crippen LogP contribution in [0, 0.1) is 12.3 Å². The number of aromatic nitrogens is 5. The van der Waals surface area contributed by atoms with Crippen molar-refractivity contribution < 1.29 is 27.4 Å². The quantitative estimate of drug-likeness (QED) is 0.278. The van der Waals surface area contributed by atoms with E-state index < -0.39 is 17.8 Å². The summed E-state index contributed by atoms with van der Waals surface area (Å²) < 4.78 is 54.4. The molecule has 0 saturated heterocycles. The van der Waals surface area contributed by atoms with E-state index in [1.807, 2.05) is 6.92 Å². The SMILES string of the molecule is C#CCn1cc(-c2cnc3c(Oc4ccc(C(=O)OCC)c(CC)c4)nccn23)c(C(F)(F)F)n1. The van der Waals surface area contributed by atoms with E-state index >= 15 is 0 Å². The number of hydrogen-bond acceptors (Lipinski definition) is 6. The van der Waals surface area contributed by atoms with E-state index in [9.17, 15) is 18.0 Å².